The molecule has 3 unspecified atom stereocenters. The molecular weight excluding hydrogens is 1110 g/mol. The van der Waals surface area contributed by atoms with E-state index in [9.17, 15) is 43.2 Å². The summed E-state index contributed by atoms with van der Waals surface area (Å²) in [5, 5.41) is 10.5. The molecule has 0 radical (unpaired) electrons. The van der Waals surface area contributed by atoms with Gasteiger partial charge in [0.15, 0.2) is 12.2 Å². The summed E-state index contributed by atoms with van der Waals surface area (Å²) < 4.78 is 67.9. The number of esters is 4. The zero-order valence-corrected chi connectivity index (χ0v) is 56.1. The highest BCUT2D eigenvalue weighted by Gasteiger charge is 2.30. The topological polar surface area (TPSA) is 237 Å². The van der Waals surface area contributed by atoms with E-state index in [0.717, 1.165) is 114 Å². The first-order chi connectivity index (χ1) is 40.3. The maximum atomic E-state index is 13.0. The molecule has 0 heterocycles. The Morgan fingerprint density at radius 3 is 0.905 bits per heavy atom. The van der Waals surface area contributed by atoms with Crippen molar-refractivity contribution in [3.8, 4) is 0 Å². The maximum absolute atomic E-state index is 13.0. The van der Waals surface area contributed by atoms with Crippen LogP contribution in [0.4, 0.5) is 0 Å². The van der Waals surface area contributed by atoms with Crippen LogP contribution in [-0.2, 0) is 65.4 Å². The van der Waals surface area contributed by atoms with Gasteiger partial charge in [0.05, 0.1) is 26.4 Å². The second-order valence-corrected chi connectivity index (χ2v) is 27.6. The number of carbonyl (C=O) groups excluding carboxylic acids is 4. The summed E-state index contributed by atoms with van der Waals surface area (Å²) >= 11 is 0. The van der Waals surface area contributed by atoms with Gasteiger partial charge >= 0.3 is 39.5 Å². The Hall–Kier alpha value is -1.94. The molecule has 6 atom stereocenters. The zero-order chi connectivity index (χ0) is 62.4. The monoisotopic (exact) mass is 1240 g/mol. The SMILES string of the molecule is CCCCCCCC(=O)OC[C@H](COP(=O)(O)OC[C@H](O)COP(=O)(O)OC[C@@H](COC(=O)CCCCCCCCCCCC(C)C)OC(=O)CCCCCCCCCCCCCCC(C)C)OC(=O)CCCCCCCCCCC(C)CC. The van der Waals surface area contributed by atoms with Gasteiger partial charge in [0.25, 0.3) is 0 Å². The molecule has 0 saturated carbocycles. The molecule has 3 N–H and O–H groups in total. The van der Waals surface area contributed by atoms with E-state index in [1.54, 1.807) is 0 Å². The van der Waals surface area contributed by atoms with Crippen LogP contribution >= 0.6 is 15.6 Å². The van der Waals surface area contributed by atoms with Crippen molar-refractivity contribution < 1.29 is 80.2 Å². The molecule has 0 aliphatic heterocycles. The van der Waals surface area contributed by atoms with Crippen LogP contribution in [0.2, 0.25) is 0 Å². The van der Waals surface area contributed by atoms with Gasteiger partial charge in [0.2, 0.25) is 0 Å². The van der Waals surface area contributed by atoms with Gasteiger partial charge in [-0.25, -0.2) is 9.13 Å². The van der Waals surface area contributed by atoms with Crippen molar-refractivity contribution in [3.05, 3.63) is 0 Å². The number of unbranched alkanes of at least 4 members (excludes halogenated alkanes) is 30. The Morgan fingerprint density at radius 1 is 0.345 bits per heavy atom. The Labute approximate surface area is 511 Å². The number of carbonyl (C=O) groups is 4. The van der Waals surface area contributed by atoms with Crippen molar-refractivity contribution in [2.24, 2.45) is 17.8 Å². The average molecular weight is 1240 g/mol. The van der Waals surface area contributed by atoms with Crippen LogP contribution < -0.4 is 0 Å². The van der Waals surface area contributed by atoms with Crippen molar-refractivity contribution >= 4 is 39.5 Å². The Bertz CT molecular complexity index is 1670. The second kappa shape index (κ2) is 56.3. The first kappa shape index (κ1) is 82.1. The van der Waals surface area contributed by atoms with E-state index >= 15 is 0 Å². The number of phosphoric acid groups is 2. The van der Waals surface area contributed by atoms with E-state index in [1.807, 2.05) is 0 Å². The predicted octanol–water partition coefficient (Wildman–Crippen LogP) is 17.9. The van der Waals surface area contributed by atoms with Gasteiger partial charge < -0.3 is 33.8 Å². The number of hydrogen-bond acceptors (Lipinski definition) is 15. The molecule has 0 saturated heterocycles. The minimum Gasteiger partial charge on any atom is -0.462 e. The van der Waals surface area contributed by atoms with Crippen molar-refractivity contribution in [2.45, 2.75) is 336 Å². The lowest BCUT2D eigenvalue weighted by molar-refractivity contribution is -0.161. The molecule has 0 aromatic carbocycles. The van der Waals surface area contributed by atoms with Gasteiger partial charge in [-0.15, -0.1) is 0 Å². The third-order valence-corrected chi connectivity index (χ3v) is 17.1. The van der Waals surface area contributed by atoms with E-state index in [-0.39, 0.29) is 25.7 Å². The molecule has 0 spiro atoms. The highest BCUT2D eigenvalue weighted by Crippen LogP contribution is 2.45. The molecule has 84 heavy (non-hydrogen) atoms. The van der Waals surface area contributed by atoms with E-state index < -0.39 is 97.5 Å². The number of phosphoric ester groups is 2. The largest absolute Gasteiger partial charge is 0.472 e. The summed E-state index contributed by atoms with van der Waals surface area (Å²) in [7, 11) is -9.88. The van der Waals surface area contributed by atoms with Gasteiger partial charge in [-0.1, -0.05) is 267 Å². The molecule has 498 valence electrons. The van der Waals surface area contributed by atoms with Gasteiger partial charge in [-0.2, -0.15) is 0 Å². The van der Waals surface area contributed by atoms with Crippen molar-refractivity contribution in [1.29, 1.82) is 0 Å². The van der Waals surface area contributed by atoms with Crippen LogP contribution in [0.25, 0.3) is 0 Å². The minimum absolute atomic E-state index is 0.104. The highest BCUT2D eigenvalue weighted by atomic mass is 31.2. The van der Waals surface area contributed by atoms with E-state index in [1.165, 1.54) is 122 Å². The molecule has 17 nitrogen and oxygen atoms in total. The fourth-order valence-electron chi connectivity index (χ4n) is 9.62. The van der Waals surface area contributed by atoms with Crippen LogP contribution in [0.5, 0.6) is 0 Å². The summed E-state index contributed by atoms with van der Waals surface area (Å²) in [6.45, 7) is 11.7. The highest BCUT2D eigenvalue weighted by molar-refractivity contribution is 7.47. The van der Waals surface area contributed by atoms with Crippen LogP contribution in [0, 0.1) is 17.8 Å². The quantitative estimate of drug-likeness (QED) is 0.0222. The summed E-state index contributed by atoms with van der Waals surface area (Å²) in [6, 6.07) is 0. The average Bonchev–Trinajstić information content (AvgIpc) is 3.45. The third-order valence-electron chi connectivity index (χ3n) is 15.2. The molecule has 0 rings (SSSR count). The van der Waals surface area contributed by atoms with Crippen LogP contribution in [0.1, 0.15) is 318 Å². The Balaban J connectivity index is 5.19. The lowest BCUT2D eigenvalue weighted by Crippen LogP contribution is -2.30. The second-order valence-electron chi connectivity index (χ2n) is 24.7. The molecule has 0 amide bonds. The number of rotatable bonds is 63. The summed E-state index contributed by atoms with van der Waals surface area (Å²) in [5.74, 6) is 0.145. The molecule has 0 aromatic rings. The number of aliphatic hydroxyl groups is 1. The van der Waals surface area contributed by atoms with Gasteiger partial charge in [0, 0.05) is 25.7 Å². The van der Waals surface area contributed by atoms with E-state index in [2.05, 4.69) is 48.5 Å². The molecule has 0 fully saturated rings. The summed E-state index contributed by atoms with van der Waals surface area (Å²) in [4.78, 5) is 72.1. The molecule has 19 heteroatoms. The molecule has 0 bridgehead atoms. The first-order valence-corrected chi connectivity index (χ1v) is 36.9. The molecular formula is C65H126O17P2. The normalized spacial score (nSPS) is 14.7. The third kappa shape index (κ3) is 57.8. The fourth-order valence-corrected chi connectivity index (χ4v) is 11.2. The molecule has 0 aliphatic carbocycles. The molecule has 0 aliphatic rings. The van der Waals surface area contributed by atoms with Crippen LogP contribution in [0.3, 0.4) is 0 Å². The van der Waals surface area contributed by atoms with Crippen LogP contribution in [-0.4, -0.2) is 96.7 Å². The lowest BCUT2D eigenvalue weighted by atomic mass is 9.99. The lowest BCUT2D eigenvalue weighted by Gasteiger charge is -2.21. The number of ether oxygens (including phenoxy) is 4. The Kier molecular flexibility index (Phi) is 55.0. The summed E-state index contributed by atoms with van der Waals surface area (Å²) in [6.07, 6.45) is 37.9. The first-order valence-electron chi connectivity index (χ1n) is 33.9. The van der Waals surface area contributed by atoms with Gasteiger partial charge in [-0.05, 0) is 43.4 Å². The standard InChI is InChI=1S/C65H126O17P2/c1-8-10-11-29-39-46-62(67)75-52-60(81-65(70)49-42-35-28-22-21-25-32-38-45-58(7)9-2)54-79-83(71,72)77-50-59(66)51-78-84(73,74)80-55-61(53-76-63(68)47-40-33-26-20-16-18-24-31-37-44-57(5)6)82-64(69)48-41-34-27-19-15-13-12-14-17-23-30-36-43-56(3)4/h56-61,66H,8-55H2,1-7H3,(H,71,72)(H,73,74)/t58?,59-,60+,61+/m0/s1. The van der Waals surface area contributed by atoms with Gasteiger partial charge in [0.1, 0.15) is 19.3 Å². The maximum Gasteiger partial charge on any atom is 0.472 e. The molecule has 0 aromatic heterocycles. The predicted molar refractivity (Wildman–Crippen MR) is 335 cm³/mol. The minimum atomic E-state index is -4.95. The van der Waals surface area contributed by atoms with Crippen molar-refractivity contribution in [1.82, 2.24) is 0 Å². The Morgan fingerprint density at radius 2 is 0.607 bits per heavy atom. The van der Waals surface area contributed by atoms with Crippen molar-refractivity contribution in [3.63, 3.8) is 0 Å². The smallest absolute Gasteiger partial charge is 0.462 e. The number of hydrogen-bond donors (Lipinski definition) is 3. The summed E-state index contributed by atoms with van der Waals surface area (Å²) in [5.41, 5.74) is 0. The van der Waals surface area contributed by atoms with Crippen molar-refractivity contribution in [2.75, 3.05) is 39.6 Å². The number of aliphatic hydroxyl groups excluding tert-OH is 1. The van der Waals surface area contributed by atoms with Gasteiger partial charge in [-0.3, -0.25) is 37.3 Å². The van der Waals surface area contributed by atoms with E-state index in [4.69, 9.17) is 37.0 Å². The fraction of sp³-hybridized carbons (Fsp3) is 0.938. The zero-order valence-electron chi connectivity index (χ0n) is 54.4. The van der Waals surface area contributed by atoms with Crippen LogP contribution in [0.15, 0.2) is 0 Å². The van der Waals surface area contributed by atoms with E-state index in [0.29, 0.717) is 25.7 Å².